The predicted octanol–water partition coefficient (Wildman–Crippen LogP) is 3.41. The molecule has 0 spiro atoms. The first-order valence-electron chi connectivity index (χ1n) is 7.08. The highest BCUT2D eigenvalue weighted by Gasteiger charge is 2.26. The van der Waals surface area contributed by atoms with E-state index in [0.717, 1.165) is 5.56 Å². The Bertz CT molecular complexity index is 485. The van der Waals surface area contributed by atoms with Gasteiger partial charge < -0.3 is 14.8 Å². The van der Waals surface area contributed by atoms with Crippen LogP contribution in [0.1, 0.15) is 32.8 Å². The van der Waals surface area contributed by atoms with Gasteiger partial charge in [-0.2, -0.15) is 0 Å². The van der Waals surface area contributed by atoms with Gasteiger partial charge in [0.1, 0.15) is 18.2 Å². The Kier molecular flexibility index (Phi) is 7.38. The van der Waals surface area contributed by atoms with Gasteiger partial charge in [0.15, 0.2) is 0 Å². The van der Waals surface area contributed by atoms with E-state index >= 15 is 0 Å². The van der Waals surface area contributed by atoms with Crippen molar-refractivity contribution in [3.63, 3.8) is 0 Å². The van der Waals surface area contributed by atoms with Crippen LogP contribution in [-0.2, 0) is 20.9 Å². The lowest BCUT2D eigenvalue weighted by Gasteiger charge is -2.24. The zero-order valence-corrected chi connectivity index (χ0v) is 14.7. The minimum atomic E-state index is -0.734. The van der Waals surface area contributed by atoms with E-state index in [2.05, 4.69) is 21.2 Å². The van der Waals surface area contributed by atoms with Gasteiger partial charge in [-0.3, -0.25) is 0 Å². The number of alkyl carbamates (subject to hydrolysis) is 1. The van der Waals surface area contributed by atoms with Crippen LogP contribution in [0.25, 0.3) is 0 Å². The first-order valence-corrected chi connectivity index (χ1v) is 8.20. The summed E-state index contributed by atoms with van der Waals surface area (Å²) < 4.78 is 10.4. The third-order valence-corrected chi connectivity index (χ3v) is 3.05. The maximum absolute atomic E-state index is 12.0. The second-order valence-electron chi connectivity index (χ2n) is 5.77. The molecule has 1 atom stereocenters. The van der Waals surface area contributed by atoms with Crippen molar-refractivity contribution in [3.05, 3.63) is 35.9 Å². The molecule has 1 aromatic rings. The number of amides is 1. The molecule has 1 rings (SSSR count). The third-order valence-electron chi connectivity index (χ3n) is 2.59. The molecule has 0 heterocycles. The van der Waals surface area contributed by atoms with Gasteiger partial charge in [-0.25, -0.2) is 9.59 Å². The van der Waals surface area contributed by atoms with Crippen LogP contribution in [0.15, 0.2) is 30.3 Å². The van der Waals surface area contributed by atoms with Gasteiger partial charge in [0, 0.05) is 5.33 Å². The third kappa shape index (κ3) is 7.45. The number of rotatable bonds is 6. The average Bonchev–Trinajstić information content (AvgIpc) is 2.44. The van der Waals surface area contributed by atoms with E-state index in [1.165, 1.54) is 0 Å². The molecule has 0 saturated heterocycles. The second-order valence-corrected chi connectivity index (χ2v) is 6.56. The standard InChI is InChI=1S/C16H22BrNO4/c1-16(2,3)22-14(19)13(9-10-17)18-15(20)21-11-12-7-5-4-6-8-12/h4-8,13H,9-11H2,1-3H3,(H,18,20). The lowest BCUT2D eigenvalue weighted by Crippen LogP contribution is -2.44. The molecule has 1 aromatic carbocycles. The summed E-state index contributed by atoms with van der Waals surface area (Å²) in [5.41, 5.74) is 0.282. The van der Waals surface area contributed by atoms with Gasteiger partial charge >= 0.3 is 12.1 Å². The molecule has 1 amide bonds. The summed E-state index contributed by atoms with van der Waals surface area (Å²) in [5.74, 6) is -0.469. The molecule has 0 aliphatic rings. The van der Waals surface area contributed by atoms with Gasteiger partial charge in [0.05, 0.1) is 0 Å². The number of ether oxygens (including phenoxy) is 2. The van der Waals surface area contributed by atoms with E-state index < -0.39 is 23.7 Å². The van der Waals surface area contributed by atoms with Crippen molar-refractivity contribution in [1.82, 2.24) is 5.32 Å². The van der Waals surface area contributed by atoms with E-state index in [-0.39, 0.29) is 6.61 Å². The molecule has 0 aliphatic carbocycles. The van der Waals surface area contributed by atoms with Crippen LogP contribution >= 0.6 is 15.9 Å². The van der Waals surface area contributed by atoms with Crippen LogP contribution in [0.2, 0.25) is 0 Å². The van der Waals surface area contributed by atoms with Crippen molar-refractivity contribution in [2.45, 2.75) is 45.4 Å². The van der Waals surface area contributed by atoms with Crippen LogP contribution in [0.3, 0.4) is 0 Å². The molecule has 0 aromatic heterocycles. The van der Waals surface area contributed by atoms with Gasteiger partial charge in [0.25, 0.3) is 0 Å². The van der Waals surface area contributed by atoms with Crippen LogP contribution in [-0.4, -0.2) is 29.0 Å². The molecule has 1 N–H and O–H groups in total. The van der Waals surface area contributed by atoms with E-state index in [4.69, 9.17) is 9.47 Å². The minimum Gasteiger partial charge on any atom is -0.458 e. The number of alkyl halides is 1. The Morgan fingerprint density at radius 1 is 1.23 bits per heavy atom. The van der Waals surface area contributed by atoms with Crippen molar-refractivity contribution in [1.29, 1.82) is 0 Å². The summed E-state index contributed by atoms with van der Waals surface area (Å²) in [5, 5.41) is 3.11. The van der Waals surface area contributed by atoms with E-state index in [0.29, 0.717) is 11.8 Å². The molecular formula is C16H22BrNO4. The lowest BCUT2D eigenvalue weighted by atomic mass is 10.1. The highest BCUT2D eigenvalue weighted by Crippen LogP contribution is 2.11. The number of hydrogen-bond donors (Lipinski definition) is 1. The number of benzene rings is 1. The molecule has 1 unspecified atom stereocenters. The van der Waals surface area contributed by atoms with Crippen molar-refractivity contribution >= 4 is 28.0 Å². The highest BCUT2D eigenvalue weighted by molar-refractivity contribution is 9.09. The zero-order chi connectivity index (χ0) is 16.6. The largest absolute Gasteiger partial charge is 0.458 e. The summed E-state index contributed by atoms with van der Waals surface area (Å²) in [6.45, 7) is 5.50. The summed E-state index contributed by atoms with van der Waals surface area (Å²) in [7, 11) is 0. The number of carbonyl (C=O) groups is 2. The van der Waals surface area contributed by atoms with Crippen molar-refractivity contribution in [2.75, 3.05) is 5.33 Å². The Morgan fingerprint density at radius 3 is 2.41 bits per heavy atom. The molecule has 5 nitrogen and oxygen atoms in total. The fourth-order valence-electron chi connectivity index (χ4n) is 1.64. The van der Waals surface area contributed by atoms with Gasteiger partial charge in [-0.05, 0) is 32.8 Å². The molecule has 22 heavy (non-hydrogen) atoms. The monoisotopic (exact) mass is 371 g/mol. The van der Waals surface area contributed by atoms with Gasteiger partial charge in [-0.1, -0.05) is 46.3 Å². The van der Waals surface area contributed by atoms with Crippen LogP contribution in [0.4, 0.5) is 4.79 Å². The Labute approximate surface area is 139 Å². The van der Waals surface area contributed by atoms with E-state index in [1.807, 2.05) is 30.3 Å². The second kappa shape index (κ2) is 8.78. The molecule has 6 heteroatoms. The van der Waals surface area contributed by atoms with Crippen molar-refractivity contribution in [2.24, 2.45) is 0 Å². The molecule has 0 aliphatic heterocycles. The number of carbonyl (C=O) groups excluding carboxylic acids is 2. The number of hydrogen-bond acceptors (Lipinski definition) is 4. The Hall–Kier alpha value is -1.56. The first kappa shape index (κ1) is 18.5. The summed E-state index contributed by atoms with van der Waals surface area (Å²) in [6, 6.07) is 8.60. The van der Waals surface area contributed by atoms with Gasteiger partial charge in [0.2, 0.25) is 0 Å². The highest BCUT2D eigenvalue weighted by atomic mass is 79.9. The van der Waals surface area contributed by atoms with Gasteiger partial charge in [-0.15, -0.1) is 0 Å². The Morgan fingerprint density at radius 2 is 1.86 bits per heavy atom. The Balaban J connectivity index is 2.51. The molecule has 0 bridgehead atoms. The maximum atomic E-state index is 12.0. The number of esters is 1. The predicted molar refractivity (Wildman–Crippen MR) is 87.8 cm³/mol. The average molecular weight is 372 g/mol. The van der Waals surface area contributed by atoms with Crippen molar-refractivity contribution in [3.8, 4) is 0 Å². The van der Waals surface area contributed by atoms with E-state index in [9.17, 15) is 9.59 Å². The quantitative estimate of drug-likeness (QED) is 0.614. The lowest BCUT2D eigenvalue weighted by molar-refractivity contribution is -0.157. The van der Waals surface area contributed by atoms with Crippen LogP contribution < -0.4 is 5.32 Å². The normalized spacial score (nSPS) is 12.4. The topological polar surface area (TPSA) is 64.6 Å². The van der Waals surface area contributed by atoms with Crippen LogP contribution in [0, 0.1) is 0 Å². The molecule has 122 valence electrons. The fourth-order valence-corrected chi connectivity index (χ4v) is 2.10. The summed E-state index contributed by atoms with van der Waals surface area (Å²) >= 11 is 3.26. The fraction of sp³-hybridized carbons (Fsp3) is 0.500. The number of nitrogens with one attached hydrogen (secondary N) is 1. The minimum absolute atomic E-state index is 0.155. The SMILES string of the molecule is CC(C)(C)OC(=O)C(CCBr)NC(=O)OCc1ccccc1. The molecule has 0 fully saturated rings. The smallest absolute Gasteiger partial charge is 0.408 e. The maximum Gasteiger partial charge on any atom is 0.408 e. The summed E-state index contributed by atoms with van der Waals surface area (Å²) in [4.78, 5) is 23.9. The molecule has 0 radical (unpaired) electrons. The number of halogens is 1. The van der Waals surface area contributed by atoms with Crippen LogP contribution in [0.5, 0.6) is 0 Å². The first-order chi connectivity index (χ1) is 10.3. The van der Waals surface area contributed by atoms with E-state index in [1.54, 1.807) is 20.8 Å². The zero-order valence-electron chi connectivity index (χ0n) is 13.1. The summed E-state index contributed by atoms with van der Waals surface area (Å²) in [6.07, 6.45) is -0.212. The molecular weight excluding hydrogens is 350 g/mol. The molecule has 0 saturated carbocycles. The van der Waals surface area contributed by atoms with Crippen molar-refractivity contribution < 1.29 is 19.1 Å².